The summed E-state index contributed by atoms with van der Waals surface area (Å²) < 4.78 is 11.8. The Balaban J connectivity index is 1.39. The molecule has 1 amide bonds. The minimum atomic E-state index is -0.322. The van der Waals surface area contributed by atoms with E-state index in [0.717, 1.165) is 12.8 Å². The van der Waals surface area contributed by atoms with Crippen LogP contribution in [0.1, 0.15) is 23.2 Å². The second-order valence-corrected chi connectivity index (χ2v) is 6.19. The molecule has 124 valence electrons. The van der Waals surface area contributed by atoms with E-state index in [4.69, 9.17) is 9.47 Å². The van der Waals surface area contributed by atoms with Gasteiger partial charge in [-0.05, 0) is 24.6 Å². The largest absolute Gasteiger partial charge is 0.458 e. The molecule has 0 saturated carbocycles. The molecule has 0 aliphatic carbocycles. The van der Waals surface area contributed by atoms with Gasteiger partial charge in [-0.15, -0.1) is 0 Å². The van der Waals surface area contributed by atoms with Crippen molar-refractivity contribution >= 4 is 5.91 Å². The van der Waals surface area contributed by atoms with Crippen molar-refractivity contribution in [1.82, 2.24) is 19.9 Å². The van der Waals surface area contributed by atoms with Gasteiger partial charge in [-0.3, -0.25) is 9.78 Å². The number of ether oxygens (including phenoxy) is 2. The molecule has 2 aromatic rings. The summed E-state index contributed by atoms with van der Waals surface area (Å²) in [5.74, 6) is -0.000615. The smallest absolute Gasteiger partial charge is 0.316 e. The Kier molecular flexibility index (Phi) is 3.86. The standard InChI is InChI=1S/C17H18N4O3/c22-15(13-3-1-5-18-10-13)21-8-4-17(12-21)9-14(11-23-17)24-16-19-6-2-7-20-16/h1-3,5-7,10,14H,4,8-9,11-12H2/t14-,17+/m1/s1. The maximum atomic E-state index is 12.5. The molecule has 0 bridgehead atoms. The fraction of sp³-hybridized carbons (Fsp3) is 0.412. The molecule has 7 heteroatoms. The summed E-state index contributed by atoms with van der Waals surface area (Å²) in [7, 11) is 0. The number of likely N-dealkylation sites (tertiary alicyclic amines) is 1. The summed E-state index contributed by atoms with van der Waals surface area (Å²) in [6, 6.07) is 5.67. The zero-order chi connectivity index (χ0) is 16.4. The minimum absolute atomic E-state index is 0.000615. The van der Waals surface area contributed by atoms with E-state index in [1.165, 1.54) is 0 Å². The van der Waals surface area contributed by atoms with Crippen molar-refractivity contribution in [2.24, 2.45) is 0 Å². The SMILES string of the molecule is O=C(c1cccnc1)N1CC[C@]2(C[C@@H](Oc3ncccn3)CO2)C1. The lowest BCUT2D eigenvalue weighted by molar-refractivity contribution is 0.00973. The van der Waals surface area contributed by atoms with Crippen LogP contribution in [0, 0.1) is 0 Å². The number of amides is 1. The molecular weight excluding hydrogens is 308 g/mol. The lowest BCUT2D eigenvalue weighted by Gasteiger charge is -2.23. The Morgan fingerprint density at radius 2 is 2.17 bits per heavy atom. The highest BCUT2D eigenvalue weighted by Gasteiger charge is 2.47. The van der Waals surface area contributed by atoms with Crippen LogP contribution < -0.4 is 4.74 Å². The van der Waals surface area contributed by atoms with Gasteiger partial charge in [0.15, 0.2) is 0 Å². The Hall–Kier alpha value is -2.54. The van der Waals surface area contributed by atoms with Gasteiger partial charge in [0.2, 0.25) is 0 Å². The number of carbonyl (C=O) groups excluding carboxylic acids is 1. The quantitative estimate of drug-likeness (QED) is 0.847. The van der Waals surface area contributed by atoms with Gasteiger partial charge in [-0.1, -0.05) is 0 Å². The van der Waals surface area contributed by atoms with E-state index in [9.17, 15) is 4.79 Å². The highest BCUT2D eigenvalue weighted by molar-refractivity contribution is 5.94. The number of rotatable bonds is 3. The Morgan fingerprint density at radius 1 is 1.29 bits per heavy atom. The van der Waals surface area contributed by atoms with Crippen molar-refractivity contribution < 1.29 is 14.3 Å². The molecule has 0 N–H and O–H groups in total. The van der Waals surface area contributed by atoms with Crippen molar-refractivity contribution in [1.29, 1.82) is 0 Å². The lowest BCUT2D eigenvalue weighted by atomic mass is 9.98. The fourth-order valence-corrected chi connectivity index (χ4v) is 3.35. The van der Waals surface area contributed by atoms with Crippen molar-refractivity contribution in [2.45, 2.75) is 24.5 Å². The average molecular weight is 326 g/mol. The number of hydrogen-bond donors (Lipinski definition) is 0. The zero-order valence-corrected chi connectivity index (χ0v) is 13.2. The molecule has 2 aromatic heterocycles. The van der Waals surface area contributed by atoms with E-state index >= 15 is 0 Å². The predicted octanol–water partition coefficient (Wildman–Crippen LogP) is 1.32. The van der Waals surface area contributed by atoms with Gasteiger partial charge in [-0.2, -0.15) is 0 Å². The van der Waals surface area contributed by atoms with E-state index in [0.29, 0.717) is 31.3 Å². The van der Waals surface area contributed by atoms with Gasteiger partial charge in [0.25, 0.3) is 5.91 Å². The highest BCUT2D eigenvalue weighted by Crippen LogP contribution is 2.36. The molecule has 2 fully saturated rings. The normalized spacial score (nSPS) is 26.0. The van der Waals surface area contributed by atoms with Crippen LogP contribution in [0.3, 0.4) is 0 Å². The third-order valence-electron chi connectivity index (χ3n) is 4.50. The first-order valence-corrected chi connectivity index (χ1v) is 8.01. The molecule has 0 unspecified atom stereocenters. The molecule has 2 atom stereocenters. The second-order valence-electron chi connectivity index (χ2n) is 6.19. The first-order chi connectivity index (χ1) is 11.7. The van der Waals surface area contributed by atoms with Crippen LogP contribution >= 0.6 is 0 Å². The number of nitrogens with zero attached hydrogens (tertiary/aromatic N) is 4. The monoisotopic (exact) mass is 326 g/mol. The van der Waals surface area contributed by atoms with Crippen LogP contribution in [-0.4, -0.2) is 57.2 Å². The molecule has 0 radical (unpaired) electrons. The van der Waals surface area contributed by atoms with E-state index in [2.05, 4.69) is 15.0 Å². The number of aromatic nitrogens is 3. The maximum absolute atomic E-state index is 12.5. The van der Waals surface area contributed by atoms with Gasteiger partial charge in [0.1, 0.15) is 6.10 Å². The van der Waals surface area contributed by atoms with Gasteiger partial charge >= 0.3 is 6.01 Å². The number of pyridine rings is 1. The van der Waals surface area contributed by atoms with Crippen molar-refractivity contribution in [3.63, 3.8) is 0 Å². The molecule has 2 aliphatic heterocycles. The average Bonchev–Trinajstić information content (AvgIpc) is 3.23. The number of hydrogen-bond acceptors (Lipinski definition) is 6. The molecule has 24 heavy (non-hydrogen) atoms. The topological polar surface area (TPSA) is 77.4 Å². The van der Waals surface area contributed by atoms with Crippen molar-refractivity contribution in [2.75, 3.05) is 19.7 Å². The van der Waals surface area contributed by atoms with Crippen LogP contribution in [0.5, 0.6) is 6.01 Å². The molecule has 2 aliphatic rings. The third-order valence-corrected chi connectivity index (χ3v) is 4.50. The summed E-state index contributed by atoms with van der Waals surface area (Å²) in [4.78, 5) is 26.5. The van der Waals surface area contributed by atoms with Crippen molar-refractivity contribution in [3.8, 4) is 6.01 Å². The van der Waals surface area contributed by atoms with Crippen LogP contribution in [0.15, 0.2) is 43.0 Å². The predicted molar refractivity (Wildman–Crippen MR) is 84.5 cm³/mol. The lowest BCUT2D eigenvalue weighted by Crippen LogP contribution is -2.36. The first kappa shape index (κ1) is 15.0. The van der Waals surface area contributed by atoms with E-state index in [-0.39, 0.29) is 17.6 Å². The Bertz CT molecular complexity index is 712. The van der Waals surface area contributed by atoms with Crippen molar-refractivity contribution in [3.05, 3.63) is 48.5 Å². The molecular formula is C17H18N4O3. The van der Waals surface area contributed by atoms with Gasteiger partial charge in [0.05, 0.1) is 24.3 Å². The maximum Gasteiger partial charge on any atom is 0.316 e. The Morgan fingerprint density at radius 3 is 2.96 bits per heavy atom. The van der Waals surface area contributed by atoms with E-state index in [1.54, 1.807) is 43.0 Å². The van der Waals surface area contributed by atoms with Gasteiger partial charge < -0.3 is 14.4 Å². The summed E-state index contributed by atoms with van der Waals surface area (Å²) in [5, 5.41) is 0. The summed E-state index contributed by atoms with van der Waals surface area (Å²) in [5.41, 5.74) is 0.287. The first-order valence-electron chi connectivity index (χ1n) is 8.01. The van der Waals surface area contributed by atoms with E-state index < -0.39 is 0 Å². The molecule has 1 spiro atoms. The summed E-state index contributed by atoms with van der Waals surface area (Å²) in [6.07, 6.45) is 8.03. The molecule has 4 heterocycles. The Labute approximate surface area is 139 Å². The zero-order valence-electron chi connectivity index (χ0n) is 13.2. The van der Waals surface area contributed by atoms with E-state index in [1.807, 2.05) is 4.90 Å². The van der Waals surface area contributed by atoms with Crippen LogP contribution in [-0.2, 0) is 4.74 Å². The molecule has 4 rings (SSSR count). The molecule has 0 aromatic carbocycles. The van der Waals surface area contributed by atoms with Crippen LogP contribution in [0.25, 0.3) is 0 Å². The highest BCUT2D eigenvalue weighted by atomic mass is 16.6. The second kappa shape index (κ2) is 6.16. The molecule has 2 saturated heterocycles. The van der Waals surface area contributed by atoms with Crippen LogP contribution in [0.2, 0.25) is 0 Å². The fourth-order valence-electron chi connectivity index (χ4n) is 3.35. The van der Waals surface area contributed by atoms with Gasteiger partial charge in [0, 0.05) is 37.8 Å². The number of carbonyl (C=O) groups is 1. The third kappa shape index (κ3) is 2.94. The van der Waals surface area contributed by atoms with Crippen LogP contribution in [0.4, 0.5) is 0 Å². The summed E-state index contributed by atoms with van der Waals surface area (Å²) >= 11 is 0. The van der Waals surface area contributed by atoms with Gasteiger partial charge in [-0.25, -0.2) is 9.97 Å². The summed E-state index contributed by atoms with van der Waals surface area (Å²) in [6.45, 7) is 1.76. The molecule has 7 nitrogen and oxygen atoms in total. The minimum Gasteiger partial charge on any atom is -0.458 e.